The molecule has 0 spiro atoms. The number of rotatable bonds is 7. The fourth-order valence-electron chi connectivity index (χ4n) is 5.01. The molecule has 2 heteroatoms. The summed E-state index contributed by atoms with van der Waals surface area (Å²) in [5.74, 6) is 4.56. The van der Waals surface area contributed by atoms with E-state index in [9.17, 15) is 0 Å². The zero-order valence-electron chi connectivity index (χ0n) is 17.1. The van der Waals surface area contributed by atoms with Crippen LogP contribution in [0.3, 0.4) is 0 Å². The molecule has 0 aromatic carbocycles. The van der Waals surface area contributed by atoms with Crippen molar-refractivity contribution in [2.45, 2.75) is 92.3 Å². The molecule has 0 heterocycles. The van der Waals surface area contributed by atoms with Crippen LogP contribution in [0.25, 0.3) is 0 Å². The van der Waals surface area contributed by atoms with Crippen LogP contribution in [-0.4, -0.2) is 25.4 Å². The van der Waals surface area contributed by atoms with Gasteiger partial charge in [-0.1, -0.05) is 54.4 Å². The van der Waals surface area contributed by atoms with E-state index in [0.29, 0.717) is 12.2 Å². The van der Waals surface area contributed by atoms with Gasteiger partial charge in [0, 0.05) is 0 Å². The van der Waals surface area contributed by atoms with Gasteiger partial charge < -0.3 is 9.47 Å². The highest BCUT2D eigenvalue weighted by atomic mass is 16.5. The first kappa shape index (κ1) is 20.2. The standard InChI is InChI=1S/C22H42O2/c1-15(2)19-9-7-17(5)13-21(19)23-11-12-24-22-14-18(6)8-10-20(22)16(3)4/h15-22H,7-14H2,1-6H3/t17-,18-,19+,20+,21-,22-/m1/s1. The van der Waals surface area contributed by atoms with Gasteiger partial charge in [0.15, 0.2) is 0 Å². The van der Waals surface area contributed by atoms with Gasteiger partial charge in [-0.15, -0.1) is 0 Å². The third-order valence-electron chi connectivity index (χ3n) is 6.67. The van der Waals surface area contributed by atoms with E-state index in [1.807, 2.05) is 0 Å². The molecule has 0 aromatic rings. The van der Waals surface area contributed by atoms with Crippen LogP contribution in [-0.2, 0) is 9.47 Å². The Morgan fingerprint density at radius 2 is 1.04 bits per heavy atom. The minimum atomic E-state index is 0.448. The fraction of sp³-hybridized carbons (Fsp3) is 1.00. The molecule has 0 aromatic heterocycles. The third-order valence-corrected chi connectivity index (χ3v) is 6.67. The fourth-order valence-corrected chi connectivity index (χ4v) is 5.01. The average Bonchev–Trinajstić information content (AvgIpc) is 2.51. The lowest BCUT2D eigenvalue weighted by Gasteiger charge is -2.38. The molecule has 2 fully saturated rings. The SMILES string of the molecule is CC(C)[C@@H]1CC[C@@H](C)C[C@H]1OCCO[C@@H]1C[C@H](C)CC[C@H]1C(C)C. The Hall–Kier alpha value is -0.0800. The van der Waals surface area contributed by atoms with Gasteiger partial charge in [0.25, 0.3) is 0 Å². The predicted molar refractivity (Wildman–Crippen MR) is 102 cm³/mol. The largest absolute Gasteiger partial charge is 0.376 e. The number of hydrogen-bond acceptors (Lipinski definition) is 2. The topological polar surface area (TPSA) is 18.5 Å². The number of ether oxygens (including phenoxy) is 2. The molecule has 6 atom stereocenters. The molecule has 2 nitrogen and oxygen atoms in total. The summed E-state index contributed by atoms with van der Waals surface area (Å²) in [6.07, 6.45) is 8.77. The molecule has 0 unspecified atom stereocenters. The molecule has 2 aliphatic carbocycles. The van der Waals surface area contributed by atoms with Crippen molar-refractivity contribution in [3.8, 4) is 0 Å². The Bertz CT molecular complexity index is 318. The van der Waals surface area contributed by atoms with Gasteiger partial charge in [0.05, 0.1) is 25.4 Å². The smallest absolute Gasteiger partial charge is 0.0704 e. The van der Waals surface area contributed by atoms with Crippen LogP contribution >= 0.6 is 0 Å². The summed E-state index contributed by atoms with van der Waals surface area (Å²) in [6, 6.07) is 0. The first-order chi connectivity index (χ1) is 11.4. The van der Waals surface area contributed by atoms with E-state index in [1.54, 1.807) is 0 Å². The van der Waals surface area contributed by atoms with Gasteiger partial charge in [0.2, 0.25) is 0 Å². The molecular weight excluding hydrogens is 296 g/mol. The Morgan fingerprint density at radius 1 is 0.667 bits per heavy atom. The van der Waals surface area contributed by atoms with Gasteiger partial charge in [-0.3, -0.25) is 0 Å². The summed E-state index contributed by atoms with van der Waals surface area (Å²) in [4.78, 5) is 0. The van der Waals surface area contributed by atoms with Gasteiger partial charge in [0.1, 0.15) is 0 Å². The molecule has 0 bridgehead atoms. The average molecular weight is 339 g/mol. The van der Waals surface area contributed by atoms with Crippen molar-refractivity contribution in [3.05, 3.63) is 0 Å². The van der Waals surface area contributed by atoms with Gasteiger partial charge in [-0.05, 0) is 61.2 Å². The molecule has 2 aliphatic rings. The molecule has 0 saturated heterocycles. The first-order valence-corrected chi connectivity index (χ1v) is 10.6. The van der Waals surface area contributed by atoms with E-state index in [1.165, 1.54) is 38.5 Å². The summed E-state index contributed by atoms with van der Waals surface area (Å²) in [7, 11) is 0. The Labute approximate surface area is 151 Å². The predicted octanol–water partition coefficient (Wildman–Crippen LogP) is 5.94. The number of hydrogen-bond donors (Lipinski definition) is 0. The van der Waals surface area contributed by atoms with Crippen molar-refractivity contribution in [2.24, 2.45) is 35.5 Å². The second kappa shape index (κ2) is 9.57. The Balaban J connectivity index is 1.76. The molecule has 2 rings (SSSR count). The molecule has 2 saturated carbocycles. The second-order valence-corrected chi connectivity index (χ2v) is 9.47. The van der Waals surface area contributed by atoms with E-state index < -0.39 is 0 Å². The van der Waals surface area contributed by atoms with Crippen molar-refractivity contribution in [1.29, 1.82) is 0 Å². The molecule has 0 aliphatic heterocycles. The summed E-state index contributed by atoms with van der Waals surface area (Å²) in [6.45, 7) is 15.7. The highest BCUT2D eigenvalue weighted by Crippen LogP contribution is 2.36. The van der Waals surface area contributed by atoms with Crippen LogP contribution in [0, 0.1) is 35.5 Å². The molecule has 0 amide bonds. The summed E-state index contributed by atoms with van der Waals surface area (Å²) >= 11 is 0. The lowest BCUT2D eigenvalue weighted by Crippen LogP contribution is -2.37. The molecule has 24 heavy (non-hydrogen) atoms. The van der Waals surface area contributed by atoms with Gasteiger partial charge in [-0.2, -0.15) is 0 Å². The summed E-state index contributed by atoms with van der Waals surface area (Å²) < 4.78 is 12.6. The van der Waals surface area contributed by atoms with Gasteiger partial charge in [-0.25, -0.2) is 0 Å². The van der Waals surface area contributed by atoms with Gasteiger partial charge >= 0.3 is 0 Å². The Morgan fingerprint density at radius 3 is 1.38 bits per heavy atom. The van der Waals surface area contributed by atoms with E-state index in [4.69, 9.17) is 9.47 Å². The molecule has 142 valence electrons. The van der Waals surface area contributed by atoms with Crippen LogP contribution in [0.1, 0.15) is 80.1 Å². The minimum absolute atomic E-state index is 0.448. The van der Waals surface area contributed by atoms with Crippen LogP contribution in [0.2, 0.25) is 0 Å². The second-order valence-electron chi connectivity index (χ2n) is 9.47. The highest BCUT2D eigenvalue weighted by Gasteiger charge is 2.33. The van der Waals surface area contributed by atoms with Crippen molar-refractivity contribution >= 4 is 0 Å². The normalized spacial score (nSPS) is 38.0. The molecule has 0 N–H and O–H groups in total. The van der Waals surface area contributed by atoms with Crippen molar-refractivity contribution < 1.29 is 9.47 Å². The zero-order valence-corrected chi connectivity index (χ0v) is 17.1. The molecular formula is C22H42O2. The van der Waals surface area contributed by atoms with Crippen molar-refractivity contribution in [3.63, 3.8) is 0 Å². The summed E-state index contributed by atoms with van der Waals surface area (Å²) in [5.41, 5.74) is 0. The quantitative estimate of drug-likeness (QED) is 0.535. The van der Waals surface area contributed by atoms with Crippen molar-refractivity contribution in [1.82, 2.24) is 0 Å². The van der Waals surface area contributed by atoms with E-state index in [0.717, 1.165) is 48.7 Å². The third kappa shape index (κ3) is 5.73. The van der Waals surface area contributed by atoms with E-state index >= 15 is 0 Å². The maximum absolute atomic E-state index is 6.32. The van der Waals surface area contributed by atoms with Crippen LogP contribution < -0.4 is 0 Å². The molecule has 0 radical (unpaired) electrons. The van der Waals surface area contributed by atoms with E-state index in [-0.39, 0.29) is 0 Å². The minimum Gasteiger partial charge on any atom is -0.376 e. The maximum atomic E-state index is 6.32. The van der Waals surface area contributed by atoms with Crippen LogP contribution in [0.4, 0.5) is 0 Å². The highest BCUT2D eigenvalue weighted by molar-refractivity contribution is 4.82. The van der Waals surface area contributed by atoms with Crippen LogP contribution in [0.5, 0.6) is 0 Å². The monoisotopic (exact) mass is 338 g/mol. The summed E-state index contributed by atoms with van der Waals surface area (Å²) in [5, 5.41) is 0. The lowest BCUT2D eigenvalue weighted by molar-refractivity contribution is -0.0908. The lowest BCUT2D eigenvalue weighted by atomic mass is 9.75. The first-order valence-electron chi connectivity index (χ1n) is 10.6. The maximum Gasteiger partial charge on any atom is 0.0704 e. The Kier molecular flexibility index (Phi) is 8.07. The zero-order chi connectivity index (χ0) is 17.7. The van der Waals surface area contributed by atoms with E-state index in [2.05, 4.69) is 41.5 Å². The van der Waals surface area contributed by atoms with Crippen molar-refractivity contribution in [2.75, 3.05) is 13.2 Å². The van der Waals surface area contributed by atoms with Crippen LogP contribution in [0.15, 0.2) is 0 Å².